The fraction of sp³-hybridized carbons (Fsp3) is 0.467. The number of ether oxygens (including phenoxy) is 1. The fourth-order valence-electron chi connectivity index (χ4n) is 2.18. The quantitative estimate of drug-likeness (QED) is 0.721. The average Bonchev–Trinajstić information content (AvgIpc) is 2.69. The van der Waals surface area contributed by atoms with Crippen molar-refractivity contribution in [3.05, 3.63) is 29.3 Å². The molecule has 6 nitrogen and oxygen atoms in total. The highest BCUT2D eigenvalue weighted by molar-refractivity contribution is 6.30. The summed E-state index contributed by atoms with van der Waals surface area (Å²) >= 11 is 5.85. The van der Waals surface area contributed by atoms with Gasteiger partial charge in [0.2, 0.25) is 5.91 Å². The van der Waals surface area contributed by atoms with E-state index in [9.17, 15) is 9.59 Å². The Labute approximate surface area is 134 Å². The zero-order valence-electron chi connectivity index (χ0n) is 12.2. The average molecular weight is 326 g/mol. The lowest BCUT2D eigenvalue weighted by atomic mass is 10.1. The SMILES string of the molecule is O=C(NCCOc1cccc(Cl)c1)NC1CCCCNC1=O. The van der Waals surface area contributed by atoms with Gasteiger partial charge >= 0.3 is 6.03 Å². The fourth-order valence-corrected chi connectivity index (χ4v) is 2.36. The normalized spacial score (nSPS) is 18.0. The molecular formula is C15H20ClN3O3. The molecule has 0 spiro atoms. The van der Waals surface area contributed by atoms with Crippen LogP contribution in [0.1, 0.15) is 19.3 Å². The number of halogens is 1. The van der Waals surface area contributed by atoms with Crippen molar-refractivity contribution in [3.8, 4) is 5.75 Å². The molecule has 3 amide bonds. The lowest BCUT2D eigenvalue weighted by Crippen LogP contribution is -2.49. The van der Waals surface area contributed by atoms with Gasteiger partial charge in [-0.1, -0.05) is 17.7 Å². The van der Waals surface area contributed by atoms with Gasteiger partial charge in [-0.25, -0.2) is 4.79 Å². The van der Waals surface area contributed by atoms with E-state index < -0.39 is 6.04 Å². The van der Waals surface area contributed by atoms with Crippen LogP contribution >= 0.6 is 11.6 Å². The van der Waals surface area contributed by atoms with Crippen molar-refractivity contribution in [3.63, 3.8) is 0 Å². The summed E-state index contributed by atoms with van der Waals surface area (Å²) in [5, 5.41) is 8.72. The molecule has 1 aromatic rings. The maximum atomic E-state index is 11.8. The molecule has 7 heteroatoms. The molecule has 1 aliphatic rings. The molecular weight excluding hydrogens is 306 g/mol. The number of hydrogen-bond acceptors (Lipinski definition) is 3. The standard InChI is InChI=1S/C15H20ClN3O3/c16-11-4-3-5-12(10-11)22-9-8-18-15(21)19-13-6-1-2-7-17-14(13)20/h3-5,10,13H,1-2,6-9H2,(H,17,20)(H2,18,19,21). The van der Waals surface area contributed by atoms with Gasteiger partial charge in [-0.05, 0) is 37.5 Å². The number of benzene rings is 1. The number of amides is 3. The summed E-state index contributed by atoms with van der Waals surface area (Å²) < 4.78 is 5.46. The number of hydrogen-bond donors (Lipinski definition) is 3. The van der Waals surface area contributed by atoms with E-state index in [4.69, 9.17) is 16.3 Å². The lowest BCUT2D eigenvalue weighted by molar-refractivity contribution is -0.122. The topological polar surface area (TPSA) is 79.5 Å². The van der Waals surface area contributed by atoms with Crippen LogP contribution < -0.4 is 20.7 Å². The van der Waals surface area contributed by atoms with Gasteiger partial charge in [0.05, 0.1) is 6.54 Å². The van der Waals surface area contributed by atoms with Crippen molar-refractivity contribution < 1.29 is 14.3 Å². The predicted molar refractivity (Wildman–Crippen MR) is 84.1 cm³/mol. The molecule has 1 saturated heterocycles. The van der Waals surface area contributed by atoms with E-state index in [2.05, 4.69) is 16.0 Å². The van der Waals surface area contributed by atoms with Crippen molar-refractivity contribution in [2.45, 2.75) is 25.3 Å². The van der Waals surface area contributed by atoms with Gasteiger partial charge in [0, 0.05) is 11.6 Å². The van der Waals surface area contributed by atoms with Crippen molar-refractivity contribution in [1.82, 2.24) is 16.0 Å². The van der Waals surface area contributed by atoms with Crippen molar-refractivity contribution in [1.29, 1.82) is 0 Å². The zero-order chi connectivity index (χ0) is 15.8. The van der Waals surface area contributed by atoms with Crippen LogP contribution in [-0.4, -0.2) is 37.7 Å². The van der Waals surface area contributed by atoms with Crippen LogP contribution in [0, 0.1) is 0 Å². The summed E-state index contributed by atoms with van der Waals surface area (Å²) in [5.74, 6) is 0.528. The third kappa shape index (κ3) is 5.44. The summed E-state index contributed by atoms with van der Waals surface area (Å²) in [6.45, 7) is 1.34. The molecule has 0 aliphatic carbocycles. The summed E-state index contributed by atoms with van der Waals surface area (Å²) in [6, 6.07) is 6.23. The maximum absolute atomic E-state index is 11.8. The van der Waals surface area contributed by atoms with E-state index in [1.165, 1.54) is 0 Å². The Morgan fingerprint density at radius 1 is 1.41 bits per heavy atom. The minimum absolute atomic E-state index is 0.122. The Morgan fingerprint density at radius 3 is 3.09 bits per heavy atom. The predicted octanol–water partition coefficient (Wildman–Crippen LogP) is 1.69. The molecule has 0 bridgehead atoms. The minimum atomic E-state index is -0.462. The Bertz CT molecular complexity index is 525. The first-order chi connectivity index (χ1) is 10.6. The Kier molecular flexibility index (Phi) is 6.33. The van der Waals surface area contributed by atoms with Gasteiger partial charge < -0.3 is 20.7 Å². The van der Waals surface area contributed by atoms with E-state index in [0.29, 0.717) is 36.9 Å². The molecule has 3 N–H and O–H groups in total. The van der Waals surface area contributed by atoms with Crippen molar-refractivity contribution in [2.75, 3.05) is 19.7 Å². The molecule has 120 valence electrons. The van der Waals surface area contributed by atoms with Gasteiger partial charge in [0.15, 0.2) is 0 Å². The van der Waals surface area contributed by atoms with Crippen molar-refractivity contribution in [2.24, 2.45) is 0 Å². The molecule has 1 fully saturated rings. The molecule has 1 aromatic carbocycles. The lowest BCUT2D eigenvalue weighted by Gasteiger charge is -2.15. The van der Waals surface area contributed by atoms with Gasteiger partial charge in [0.25, 0.3) is 0 Å². The van der Waals surface area contributed by atoms with Crippen LogP contribution in [0.3, 0.4) is 0 Å². The molecule has 1 atom stereocenters. The van der Waals surface area contributed by atoms with E-state index in [-0.39, 0.29) is 11.9 Å². The second kappa shape index (κ2) is 8.48. The Morgan fingerprint density at radius 2 is 2.27 bits per heavy atom. The summed E-state index contributed by atoms with van der Waals surface area (Å²) in [4.78, 5) is 23.5. The van der Waals surface area contributed by atoms with E-state index >= 15 is 0 Å². The molecule has 0 saturated carbocycles. The molecule has 1 heterocycles. The van der Waals surface area contributed by atoms with Crippen molar-refractivity contribution >= 4 is 23.5 Å². The zero-order valence-corrected chi connectivity index (χ0v) is 13.0. The first-order valence-electron chi connectivity index (χ1n) is 7.35. The summed E-state index contributed by atoms with van der Waals surface area (Å²) in [5.41, 5.74) is 0. The van der Waals surface area contributed by atoms with Crippen LogP contribution in [0.4, 0.5) is 4.79 Å². The van der Waals surface area contributed by atoms with E-state index in [0.717, 1.165) is 12.8 Å². The first kappa shape index (κ1) is 16.4. The highest BCUT2D eigenvalue weighted by Crippen LogP contribution is 2.16. The van der Waals surface area contributed by atoms with Gasteiger partial charge in [-0.3, -0.25) is 4.79 Å². The summed E-state index contributed by atoms with van der Waals surface area (Å²) in [6.07, 6.45) is 2.53. The highest BCUT2D eigenvalue weighted by atomic mass is 35.5. The molecule has 22 heavy (non-hydrogen) atoms. The number of urea groups is 1. The molecule has 2 rings (SSSR count). The first-order valence-corrected chi connectivity index (χ1v) is 7.73. The monoisotopic (exact) mass is 325 g/mol. The van der Waals surface area contributed by atoms with Gasteiger partial charge in [-0.2, -0.15) is 0 Å². The number of carbonyl (C=O) groups excluding carboxylic acids is 2. The number of rotatable bonds is 5. The summed E-state index contributed by atoms with van der Waals surface area (Å²) in [7, 11) is 0. The third-order valence-electron chi connectivity index (χ3n) is 3.29. The second-order valence-corrected chi connectivity index (χ2v) is 5.48. The highest BCUT2D eigenvalue weighted by Gasteiger charge is 2.21. The van der Waals surface area contributed by atoms with Gasteiger partial charge in [0.1, 0.15) is 18.4 Å². The smallest absolute Gasteiger partial charge is 0.315 e. The Balaban J connectivity index is 1.66. The van der Waals surface area contributed by atoms with Crippen LogP contribution in [0.25, 0.3) is 0 Å². The van der Waals surface area contributed by atoms with Crippen LogP contribution in [-0.2, 0) is 4.79 Å². The largest absolute Gasteiger partial charge is 0.492 e. The minimum Gasteiger partial charge on any atom is -0.492 e. The van der Waals surface area contributed by atoms with E-state index in [1.807, 2.05) is 0 Å². The number of carbonyl (C=O) groups is 2. The van der Waals surface area contributed by atoms with Gasteiger partial charge in [-0.15, -0.1) is 0 Å². The second-order valence-electron chi connectivity index (χ2n) is 5.05. The molecule has 1 unspecified atom stereocenters. The number of nitrogens with one attached hydrogen (secondary N) is 3. The Hall–Kier alpha value is -1.95. The molecule has 0 radical (unpaired) electrons. The molecule has 0 aromatic heterocycles. The maximum Gasteiger partial charge on any atom is 0.315 e. The van der Waals surface area contributed by atoms with E-state index in [1.54, 1.807) is 24.3 Å². The molecule has 1 aliphatic heterocycles. The third-order valence-corrected chi connectivity index (χ3v) is 3.53. The van der Waals surface area contributed by atoms with Crippen LogP contribution in [0.5, 0.6) is 5.75 Å². The van der Waals surface area contributed by atoms with Crippen LogP contribution in [0.2, 0.25) is 5.02 Å². The van der Waals surface area contributed by atoms with Crippen LogP contribution in [0.15, 0.2) is 24.3 Å².